The highest BCUT2D eigenvalue weighted by molar-refractivity contribution is 6.31. The third-order valence-electron chi connectivity index (χ3n) is 2.70. The number of aromatic amines is 1. The van der Waals surface area contributed by atoms with Gasteiger partial charge in [0.05, 0.1) is 19.4 Å². The third kappa shape index (κ3) is 2.49. The Morgan fingerprint density at radius 2 is 2.22 bits per heavy atom. The fourth-order valence-corrected chi connectivity index (χ4v) is 2.05. The van der Waals surface area contributed by atoms with Gasteiger partial charge >= 0.3 is 0 Å². The fraction of sp³-hybridized carbons (Fsp3) is 0.308. The Labute approximate surface area is 111 Å². The second-order valence-corrected chi connectivity index (χ2v) is 4.41. The Balaban J connectivity index is 2.50. The summed E-state index contributed by atoms with van der Waals surface area (Å²) in [7, 11) is 1.61. The summed E-state index contributed by atoms with van der Waals surface area (Å²) < 4.78 is 5.32. The van der Waals surface area contributed by atoms with E-state index in [2.05, 4.69) is 9.97 Å². The molecule has 1 aromatic carbocycles. The lowest BCUT2D eigenvalue weighted by molar-refractivity contribution is 0.297. The van der Waals surface area contributed by atoms with Gasteiger partial charge in [-0.15, -0.1) is 0 Å². The summed E-state index contributed by atoms with van der Waals surface area (Å²) in [5.41, 5.74) is 2.58. The smallest absolute Gasteiger partial charge is 0.128 e. The molecule has 0 bridgehead atoms. The first kappa shape index (κ1) is 12.9. The first-order valence-electron chi connectivity index (χ1n) is 5.66. The second kappa shape index (κ2) is 5.42. The highest BCUT2D eigenvalue weighted by atomic mass is 35.5. The van der Waals surface area contributed by atoms with Crippen molar-refractivity contribution >= 4 is 11.6 Å². The molecule has 0 saturated heterocycles. The number of imidazole rings is 1. The molecule has 1 heterocycles. The maximum absolute atomic E-state index is 8.93. The van der Waals surface area contributed by atoms with Crippen LogP contribution < -0.4 is 4.74 Å². The standard InChI is InChI=1S/C13H15ClN2O2/c1-8-13(16-12(15-8)5-6-17)10-7-9(14)3-4-11(10)18-2/h3-4,7,17H,5-6H2,1-2H3,(H,15,16). The minimum Gasteiger partial charge on any atom is -0.496 e. The van der Waals surface area contributed by atoms with Crippen LogP contribution in [0.1, 0.15) is 11.5 Å². The van der Waals surface area contributed by atoms with Crippen molar-refractivity contribution in [1.82, 2.24) is 9.97 Å². The van der Waals surface area contributed by atoms with Gasteiger partial charge in [-0.3, -0.25) is 0 Å². The molecule has 4 nitrogen and oxygen atoms in total. The number of rotatable bonds is 4. The molecule has 0 spiro atoms. The summed E-state index contributed by atoms with van der Waals surface area (Å²) in [4.78, 5) is 7.61. The predicted octanol–water partition coefficient (Wildman–Crippen LogP) is 2.58. The van der Waals surface area contributed by atoms with Gasteiger partial charge in [-0.1, -0.05) is 11.6 Å². The maximum atomic E-state index is 8.93. The summed E-state index contributed by atoms with van der Waals surface area (Å²) in [5, 5.41) is 9.57. The van der Waals surface area contributed by atoms with E-state index in [4.69, 9.17) is 21.4 Å². The van der Waals surface area contributed by atoms with E-state index < -0.39 is 0 Å². The SMILES string of the molecule is COc1ccc(Cl)cc1-c1nc(CCO)[nH]c1C. The number of hydrogen-bond acceptors (Lipinski definition) is 3. The van der Waals surface area contributed by atoms with E-state index in [0.717, 1.165) is 28.5 Å². The van der Waals surface area contributed by atoms with Crippen LogP contribution >= 0.6 is 11.6 Å². The van der Waals surface area contributed by atoms with Crippen LogP contribution in [0.25, 0.3) is 11.3 Å². The lowest BCUT2D eigenvalue weighted by atomic mass is 10.1. The number of aryl methyl sites for hydroxylation is 1. The number of ether oxygens (including phenoxy) is 1. The highest BCUT2D eigenvalue weighted by Gasteiger charge is 2.13. The summed E-state index contributed by atoms with van der Waals surface area (Å²) >= 11 is 6.01. The molecule has 0 aliphatic carbocycles. The van der Waals surface area contributed by atoms with Crippen molar-refractivity contribution in [1.29, 1.82) is 0 Å². The van der Waals surface area contributed by atoms with Gasteiger partial charge in [-0.25, -0.2) is 4.98 Å². The number of aliphatic hydroxyl groups excluding tert-OH is 1. The normalized spacial score (nSPS) is 10.7. The van der Waals surface area contributed by atoms with Gasteiger partial charge in [-0.05, 0) is 25.1 Å². The van der Waals surface area contributed by atoms with Crippen molar-refractivity contribution in [2.75, 3.05) is 13.7 Å². The molecule has 96 valence electrons. The van der Waals surface area contributed by atoms with Crippen LogP contribution in [0, 0.1) is 6.92 Å². The molecule has 0 unspecified atom stereocenters. The van der Waals surface area contributed by atoms with Gasteiger partial charge in [0.15, 0.2) is 0 Å². The van der Waals surface area contributed by atoms with Crippen LogP contribution in [0.2, 0.25) is 5.02 Å². The van der Waals surface area contributed by atoms with Gasteiger partial charge in [-0.2, -0.15) is 0 Å². The lowest BCUT2D eigenvalue weighted by Gasteiger charge is -2.07. The molecule has 0 atom stereocenters. The van der Waals surface area contributed by atoms with Crippen molar-refractivity contribution in [2.24, 2.45) is 0 Å². The number of methoxy groups -OCH3 is 1. The highest BCUT2D eigenvalue weighted by Crippen LogP contribution is 2.33. The number of H-pyrrole nitrogens is 1. The Kier molecular flexibility index (Phi) is 3.89. The molecule has 0 amide bonds. The Hall–Kier alpha value is -1.52. The molecule has 0 saturated carbocycles. The molecule has 0 aliphatic rings. The summed E-state index contributed by atoms with van der Waals surface area (Å²) in [6, 6.07) is 5.42. The van der Waals surface area contributed by atoms with Crippen molar-refractivity contribution < 1.29 is 9.84 Å². The molecule has 1 aromatic heterocycles. The van der Waals surface area contributed by atoms with E-state index in [-0.39, 0.29) is 6.61 Å². The lowest BCUT2D eigenvalue weighted by Crippen LogP contribution is -1.93. The Bertz CT molecular complexity index is 552. The molecular weight excluding hydrogens is 252 g/mol. The minimum absolute atomic E-state index is 0.0685. The van der Waals surface area contributed by atoms with Crippen LogP contribution in [0.15, 0.2) is 18.2 Å². The van der Waals surface area contributed by atoms with E-state index in [9.17, 15) is 0 Å². The number of aromatic nitrogens is 2. The second-order valence-electron chi connectivity index (χ2n) is 3.98. The average molecular weight is 267 g/mol. The number of nitrogens with one attached hydrogen (secondary N) is 1. The average Bonchev–Trinajstić information content (AvgIpc) is 2.70. The van der Waals surface area contributed by atoms with E-state index in [1.54, 1.807) is 13.2 Å². The number of halogens is 1. The van der Waals surface area contributed by atoms with Gasteiger partial charge in [0, 0.05) is 22.7 Å². The molecule has 2 aromatic rings. The topological polar surface area (TPSA) is 58.1 Å². The molecule has 2 N–H and O–H groups in total. The van der Waals surface area contributed by atoms with Gasteiger partial charge in [0.2, 0.25) is 0 Å². The van der Waals surface area contributed by atoms with E-state index in [1.807, 2.05) is 19.1 Å². The predicted molar refractivity (Wildman–Crippen MR) is 71.1 cm³/mol. The monoisotopic (exact) mass is 266 g/mol. The molecule has 0 radical (unpaired) electrons. The van der Waals surface area contributed by atoms with Crippen LogP contribution in [-0.2, 0) is 6.42 Å². The van der Waals surface area contributed by atoms with E-state index in [0.29, 0.717) is 11.4 Å². The zero-order valence-electron chi connectivity index (χ0n) is 10.3. The van der Waals surface area contributed by atoms with Crippen LogP contribution in [0.5, 0.6) is 5.75 Å². The van der Waals surface area contributed by atoms with Crippen LogP contribution in [0.3, 0.4) is 0 Å². The van der Waals surface area contributed by atoms with Crippen molar-refractivity contribution in [3.8, 4) is 17.0 Å². The number of hydrogen-bond donors (Lipinski definition) is 2. The van der Waals surface area contributed by atoms with Gasteiger partial charge in [0.1, 0.15) is 11.6 Å². The van der Waals surface area contributed by atoms with Crippen molar-refractivity contribution in [2.45, 2.75) is 13.3 Å². The molecule has 5 heteroatoms. The maximum Gasteiger partial charge on any atom is 0.128 e. The zero-order chi connectivity index (χ0) is 13.1. The number of benzene rings is 1. The molecular formula is C13H15ClN2O2. The van der Waals surface area contributed by atoms with Gasteiger partial charge < -0.3 is 14.8 Å². The number of nitrogens with zero attached hydrogens (tertiary/aromatic N) is 1. The van der Waals surface area contributed by atoms with E-state index >= 15 is 0 Å². The minimum atomic E-state index is 0.0685. The summed E-state index contributed by atoms with van der Waals surface area (Å²) in [5.74, 6) is 1.48. The molecule has 18 heavy (non-hydrogen) atoms. The third-order valence-corrected chi connectivity index (χ3v) is 2.93. The largest absolute Gasteiger partial charge is 0.496 e. The molecule has 0 fully saturated rings. The van der Waals surface area contributed by atoms with Crippen LogP contribution in [-0.4, -0.2) is 28.8 Å². The first-order valence-corrected chi connectivity index (χ1v) is 6.03. The summed E-state index contributed by atoms with van der Waals surface area (Å²) in [6.45, 7) is 2.00. The quantitative estimate of drug-likeness (QED) is 0.894. The zero-order valence-corrected chi connectivity index (χ0v) is 11.1. The molecule has 0 aliphatic heterocycles. The van der Waals surface area contributed by atoms with Crippen molar-refractivity contribution in [3.63, 3.8) is 0 Å². The Morgan fingerprint density at radius 3 is 2.89 bits per heavy atom. The summed E-state index contributed by atoms with van der Waals surface area (Å²) in [6.07, 6.45) is 0.504. The fourth-order valence-electron chi connectivity index (χ4n) is 1.87. The van der Waals surface area contributed by atoms with Gasteiger partial charge in [0.25, 0.3) is 0 Å². The van der Waals surface area contributed by atoms with E-state index in [1.165, 1.54) is 0 Å². The number of aliphatic hydroxyl groups is 1. The molecule has 2 rings (SSSR count). The van der Waals surface area contributed by atoms with Crippen LogP contribution in [0.4, 0.5) is 0 Å². The Morgan fingerprint density at radius 1 is 1.44 bits per heavy atom. The van der Waals surface area contributed by atoms with Crippen molar-refractivity contribution in [3.05, 3.63) is 34.7 Å². The first-order chi connectivity index (χ1) is 8.65.